The van der Waals surface area contributed by atoms with Crippen molar-refractivity contribution in [2.24, 2.45) is 5.73 Å². The van der Waals surface area contributed by atoms with Gasteiger partial charge in [0.15, 0.2) is 5.16 Å². The van der Waals surface area contributed by atoms with Crippen molar-refractivity contribution in [3.05, 3.63) is 66.0 Å². The summed E-state index contributed by atoms with van der Waals surface area (Å²) >= 11 is 1.31. The van der Waals surface area contributed by atoms with Crippen molar-refractivity contribution in [1.82, 2.24) is 14.8 Å². The molecule has 0 spiro atoms. The molecule has 0 atom stereocenters. The largest absolute Gasteiger partial charge is 0.495 e. The number of thioether (sulfide) groups is 1. The Morgan fingerprint density at radius 2 is 1.81 bits per heavy atom. The number of hydrogen-bond donors (Lipinski definition) is 1. The van der Waals surface area contributed by atoms with E-state index in [0.717, 1.165) is 11.4 Å². The third-order valence-electron chi connectivity index (χ3n) is 4.67. The molecule has 31 heavy (non-hydrogen) atoms. The average Bonchev–Trinajstić information content (AvgIpc) is 3.12. The van der Waals surface area contributed by atoms with Crippen LogP contribution in [0.4, 0.5) is 5.69 Å². The molecule has 0 aliphatic heterocycles. The van der Waals surface area contributed by atoms with Crippen molar-refractivity contribution >= 4 is 29.3 Å². The summed E-state index contributed by atoms with van der Waals surface area (Å²) in [4.78, 5) is 26.0. The van der Waals surface area contributed by atoms with Crippen molar-refractivity contribution in [1.29, 1.82) is 0 Å². The van der Waals surface area contributed by atoms with Crippen LogP contribution in [0, 0.1) is 6.92 Å². The first-order chi connectivity index (χ1) is 15.0. The minimum absolute atomic E-state index is 0.0533. The van der Waals surface area contributed by atoms with Gasteiger partial charge in [0.05, 0.1) is 25.1 Å². The van der Waals surface area contributed by atoms with Gasteiger partial charge in [-0.1, -0.05) is 54.2 Å². The van der Waals surface area contributed by atoms with Gasteiger partial charge in [-0.15, -0.1) is 10.2 Å². The molecule has 3 rings (SSSR count). The van der Waals surface area contributed by atoms with Gasteiger partial charge in [0.25, 0.3) is 0 Å². The van der Waals surface area contributed by atoms with Gasteiger partial charge in [-0.05, 0) is 24.6 Å². The van der Waals surface area contributed by atoms with E-state index >= 15 is 0 Å². The quantitative estimate of drug-likeness (QED) is 0.487. The minimum Gasteiger partial charge on any atom is -0.495 e. The smallest absolute Gasteiger partial charge is 0.237 e. The van der Waals surface area contributed by atoms with Crippen LogP contribution in [-0.2, 0) is 16.1 Å². The summed E-state index contributed by atoms with van der Waals surface area (Å²) in [7, 11) is 1.54. The number of rotatable bonds is 10. The Hall–Kier alpha value is -3.33. The van der Waals surface area contributed by atoms with Crippen molar-refractivity contribution in [3.8, 4) is 5.75 Å². The Bertz CT molecular complexity index is 1040. The topological polar surface area (TPSA) is 103 Å². The second-order valence-electron chi connectivity index (χ2n) is 6.82. The van der Waals surface area contributed by atoms with Crippen LogP contribution >= 0.6 is 11.8 Å². The number of para-hydroxylation sites is 2. The second kappa shape index (κ2) is 10.6. The molecule has 0 unspecified atom stereocenters. The van der Waals surface area contributed by atoms with E-state index in [-0.39, 0.29) is 24.6 Å². The number of nitrogens with zero attached hydrogens (tertiary/aromatic N) is 4. The van der Waals surface area contributed by atoms with Crippen molar-refractivity contribution < 1.29 is 14.3 Å². The summed E-state index contributed by atoms with van der Waals surface area (Å²) in [6.07, 6.45) is 0.0533. The molecule has 0 aliphatic carbocycles. The molecule has 0 bridgehead atoms. The predicted octanol–water partition coefficient (Wildman–Crippen LogP) is 2.64. The van der Waals surface area contributed by atoms with Crippen LogP contribution in [0.1, 0.15) is 17.8 Å². The highest BCUT2D eigenvalue weighted by Crippen LogP contribution is 2.29. The Morgan fingerprint density at radius 1 is 1.10 bits per heavy atom. The minimum atomic E-state index is -0.474. The normalized spacial score (nSPS) is 10.6. The summed E-state index contributed by atoms with van der Waals surface area (Å²) in [6.45, 7) is 2.68. The van der Waals surface area contributed by atoms with Crippen LogP contribution < -0.4 is 15.4 Å². The lowest BCUT2D eigenvalue weighted by molar-refractivity contribution is -0.118. The first kappa shape index (κ1) is 22.4. The number of anilines is 1. The lowest BCUT2D eigenvalue weighted by Crippen LogP contribution is -2.35. The van der Waals surface area contributed by atoms with Gasteiger partial charge in [0.2, 0.25) is 11.8 Å². The zero-order chi connectivity index (χ0) is 22.2. The number of ether oxygens (including phenoxy) is 1. The van der Waals surface area contributed by atoms with Crippen molar-refractivity contribution in [2.45, 2.75) is 25.0 Å². The van der Waals surface area contributed by atoms with E-state index in [1.165, 1.54) is 16.7 Å². The average molecular weight is 440 g/mol. The lowest BCUT2D eigenvalue weighted by atomic mass is 10.2. The molecule has 0 radical (unpaired) electrons. The molecule has 0 saturated carbocycles. The summed E-state index contributed by atoms with van der Waals surface area (Å²) in [5.41, 5.74) is 7.03. The fraction of sp³-hybridized carbons (Fsp3) is 0.273. The van der Waals surface area contributed by atoms with Gasteiger partial charge in [0.1, 0.15) is 11.6 Å². The van der Waals surface area contributed by atoms with Gasteiger partial charge >= 0.3 is 0 Å². The molecule has 3 aromatic rings. The molecule has 1 aromatic heterocycles. The number of carbonyl (C=O) groups is 2. The molecule has 162 valence electrons. The van der Waals surface area contributed by atoms with Crippen LogP contribution in [0.5, 0.6) is 5.75 Å². The summed E-state index contributed by atoms with van der Waals surface area (Å²) < 4.78 is 7.37. The number of hydrogen-bond acceptors (Lipinski definition) is 6. The number of amides is 2. The Balaban J connectivity index is 1.76. The van der Waals surface area contributed by atoms with Gasteiger partial charge in [-0.3, -0.25) is 9.59 Å². The fourth-order valence-corrected chi connectivity index (χ4v) is 3.93. The van der Waals surface area contributed by atoms with E-state index < -0.39 is 5.91 Å². The third kappa shape index (κ3) is 5.85. The fourth-order valence-electron chi connectivity index (χ4n) is 3.07. The number of primary amides is 1. The van der Waals surface area contributed by atoms with Gasteiger partial charge in [-0.2, -0.15) is 0 Å². The van der Waals surface area contributed by atoms with E-state index in [1.54, 1.807) is 19.2 Å². The molecule has 0 fully saturated rings. The maximum atomic E-state index is 13.1. The van der Waals surface area contributed by atoms with Crippen LogP contribution in [0.3, 0.4) is 0 Å². The van der Waals surface area contributed by atoms with E-state index in [0.29, 0.717) is 23.1 Å². The molecule has 9 heteroatoms. The van der Waals surface area contributed by atoms with Crippen molar-refractivity contribution in [2.75, 3.05) is 24.3 Å². The second-order valence-corrected chi connectivity index (χ2v) is 7.77. The zero-order valence-electron chi connectivity index (χ0n) is 17.5. The summed E-state index contributed by atoms with van der Waals surface area (Å²) in [5.74, 6) is 0.799. The number of aromatic nitrogens is 3. The summed E-state index contributed by atoms with van der Waals surface area (Å²) in [5, 5.41) is 9.05. The number of carbonyl (C=O) groups excluding carboxylic acids is 2. The molecular weight excluding hydrogens is 414 g/mol. The zero-order valence-corrected chi connectivity index (χ0v) is 18.3. The number of methoxy groups -OCH3 is 1. The van der Waals surface area contributed by atoms with E-state index in [9.17, 15) is 9.59 Å². The number of aryl methyl sites for hydroxylation is 1. The maximum Gasteiger partial charge on any atom is 0.237 e. The Kier molecular flexibility index (Phi) is 7.66. The molecule has 2 N–H and O–H groups in total. The van der Waals surface area contributed by atoms with Crippen molar-refractivity contribution in [3.63, 3.8) is 0 Å². The highest BCUT2D eigenvalue weighted by molar-refractivity contribution is 7.99. The van der Waals surface area contributed by atoms with Gasteiger partial charge in [-0.25, -0.2) is 0 Å². The first-order valence-electron chi connectivity index (χ1n) is 9.77. The number of nitrogens with two attached hydrogens (primary N) is 1. The third-order valence-corrected chi connectivity index (χ3v) is 5.62. The van der Waals surface area contributed by atoms with E-state index in [4.69, 9.17) is 10.5 Å². The van der Waals surface area contributed by atoms with E-state index in [1.807, 2.05) is 54.0 Å². The van der Waals surface area contributed by atoms with Gasteiger partial charge in [0, 0.05) is 13.0 Å². The van der Waals surface area contributed by atoms with E-state index in [2.05, 4.69) is 10.2 Å². The molecule has 0 aliphatic rings. The standard InChI is InChI=1S/C22H25N5O3S/c1-16-24-25-22(27(16)14-17-8-4-3-5-9-17)31-15-21(29)26(13-12-20(23)28)18-10-6-7-11-19(18)30-2/h3-11H,12-15H2,1-2H3,(H2,23,28). The molecule has 2 aromatic carbocycles. The van der Waals surface area contributed by atoms with Crippen LogP contribution in [0.15, 0.2) is 59.8 Å². The Labute approximate surface area is 185 Å². The van der Waals surface area contributed by atoms with Crippen LogP contribution in [-0.4, -0.2) is 46.0 Å². The SMILES string of the molecule is COc1ccccc1N(CCC(N)=O)C(=O)CSc1nnc(C)n1Cc1ccccc1. The van der Waals surface area contributed by atoms with Crippen LogP contribution in [0.25, 0.3) is 0 Å². The monoisotopic (exact) mass is 439 g/mol. The lowest BCUT2D eigenvalue weighted by Gasteiger charge is -2.24. The molecular formula is C22H25N5O3S. The molecule has 0 saturated heterocycles. The van der Waals surface area contributed by atoms with Crippen LogP contribution in [0.2, 0.25) is 0 Å². The number of benzene rings is 2. The first-order valence-corrected chi connectivity index (χ1v) is 10.8. The molecule has 8 nitrogen and oxygen atoms in total. The molecule has 2 amide bonds. The Morgan fingerprint density at radius 3 is 2.52 bits per heavy atom. The molecule has 1 heterocycles. The maximum absolute atomic E-state index is 13.1. The van der Waals surface area contributed by atoms with Gasteiger partial charge < -0.3 is 19.9 Å². The predicted molar refractivity (Wildman–Crippen MR) is 120 cm³/mol. The highest BCUT2D eigenvalue weighted by Gasteiger charge is 2.21. The summed E-state index contributed by atoms with van der Waals surface area (Å²) in [6, 6.07) is 17.2. The highest BCUT2D eigenvalue weighted by atomic mass is 32.2.